The summed E-state index contributed by atoms with van der Waals surface area (Å²) in [5, 5.41) is 2.62. The van der Waals surface area contributed by atoms with E-state index in [-0.39, 0.29) is 19.1 Å². The van der Waals surface area contributed by atoms with Crippen LogP contribution in [0.2, 0.25) is 0 Å². The molecule has 2 aromatic carbocycles. The summed E-state index contributed by atoms with van der Waals surface area (Å²) < 4.78 is 5.45. The molecule has 0 unspecified atom stereocenters. The minimum atomic E-state index is -0.518. The minimum absolute atomic E-state index is 0.0227. The Morgan fingerprint density at radius 1 is 1.00 bits per heavy atom. The highest BCUT2D eigenvalue weighted by molar-refractivity contribution is 5.79. The van der Waals surface area contributed by atoms with E-state index in [9.17, 15) is 9.59 Å². The van der Waals surface area contributed by atoms with Gasteiger partial charge in [0.25, 0.3) is 0 Å². The molecule has 0 atom stereocenters. The number of amides is 1. The van der Waals surface area contributed by atoms with E-state index in [4.69, 9.17) is 4.74 Å². The molecule has 0 radical (unpaired) electrons. The molecule has 142 valence electrons. The molecule has 0 fully saturated rings. The van der Waals surface area contributed by atoms with Gasteiger partial charge in [-0.1, -0.05) is 60.5 Å². The Balaban J connectivity index is 1.35. The van der Waals surface area contributed by atoms with Crippen LogP contribution in [0, 0.1) is 11.8 Å². The molecular weight excluding hydrogens is 364 g/mol. The van der Waals surface area contributed by atoms with E-state index in [0.717, 1.165) is 0 Å². The number of carbonyl (C=O) groups excluding carboxylic acids is 2. The average molecular weight is 382 g/mol. The second-order valence-corrected chi connectivity index (χ2v) is 6.55. The van der Waals surface area contributed by atoms with Gasteiger partial charge in [-0.3, -0.25) is 4.79 Å². The van der Waals surface area contributed by atoms with Gasteiger partial charge in [0.05, 0.1) is 6.54 Å². The van der Waals surface area contributed by atoms with Crippen LogP contribution in [0.5, 0.6) is 0 Å². The third kappa shape index (κ3) is 4.02. The lowest BCUT2D eigenvalue weighted by molar-refractivity contribution is 0.111. The van der Waals surface area contributed by atoms with Crippen LogP contribution in [0.1, 0.15) is 33.2 Å². The van der Waals surface area contributed by atoms with Gasteiger partial charge in [0.1, 0.15) is 18.0 Å². The van der Waals surface area contributed by atoms with Gasteiger partial charge in [-0.15, -0.1) is 0 Å². The summed E-state index contributed by atoms with van der Waals surface area (Å²) in [6.45, 7) is 0.389. The molecule has 1 aromatic heterocycles. The number of rotatable bonds is 4. The summed E-state index contributed by atoms with van der Waals surface area (Å²) in [7, 11) is 0. The van der Waals surface area contributed by atoms with Gasteiger partial charge in [0.15, 0.2) is 6.29 Å². The van der Waals surface area contributed by atoms with Crippen LogP contribution in [-0.4, -0.2) is 30.5 Å². The first-order valence-corrected chi connectivity index (χ1v) is 9.26. The molecule has 0 aliphatic heterocycles. The number of aldehydes is 1. The molecule has 5 heteroatoms. The van der Waals surface area contributed by atoms with Gasteiger partial charge in [-0.05, 0) is 40.3 Å². The summed E-state index contributed by atoms with van der Waals surface area (Å²) >= 11 is 0. The Morgan fingerprint density at radius 3 is 2.38 bits per heavy atom. The molecule has 29 heavy (non-hydrogen) atoms. The fraction of sp³-hybridized carbons (Fsp3) is 0.125. The van der Waals surface area contributed by atoms with Crippen molar-refractivity contribution in [2.45, 2.75) is 5.92 Å². The maximum Gasteiger partial charge on any atom is 0.407 e. The summed E-state index contributed by atoms with van der Waals surface area (Å²) in [6, 6.07) is 21.4. The summed E-state index contributed by atoms with van der Waals surface area (Å²) in [5.41, 5.74) is 5.51. The summed E-state index contributed by atoms with van der Waals surface area (Å²) in [6.07, 6.45) is 0.149. The lowest BCUT2D eigenvalue weighted by Gasteiger charge is -2.14. The first-order chi connectivity index (χ1) is 14.3. The molecule has 0 spiro atoms. The maximum absolute atomic E-state index is 12.1. The molecule has 4 rings (SSSR count). The summed E-state index contributed by atoms with van der Waals surface area (Å²) in [4.78, 5) is 26.9. The van der Waals surface area contributed by atoms with Crippen LogP contribution >= 0.6 is 0 Å². The Kier molecular flexibility index (Phi) is 5.35. The predicted octanol–water partition coefficient (Wildman–Crippen LogP) is 3.78. The number of carbonyl (C=O) groups is 2. The van der Waals surface area contributed by atoms with Crippen molar-refractivity contribution in [1.82, 2.24) is 10.3 Å². The highest BCUT2D eigenvalue weighted by Crippen LogP contribution is 2.44. The number of alkyl carbamates (subject to hydrolysis) is 1. The number of nitrogens with one attached hydrogen (secondary N) is 1. The molecule has 5 nitrogen and oxygen atoms in total. The fourth-order valence-corrected chi connectivity index (χ4v) is 3.49. The van der Waals surface area contributed by atoms with Crippen molar-refractivity contribution in [3.63, 3.8) is 0 Å². The number of hydrogen-bond acceptors (Lipinski definition) is 4. The quantitative estimate of drug-likeness (QED) is 0.551. The predicted molar refractivity (Wildman–Crippen MR) is 110 cm³/mol. The molecule has 0 saturated heterocycles. The van der Waals surface area contributed by atoms with Crippen molar-refractivity contribution in [2.75, 3.05) is 13.2 Å². The van der Waals surface area contributed by atoms with Crippen LogP contribution in [0.4, 0.5) is 4.79 Å². The van der Waals surface area contributed by atoms with Crippen LogP contribution in [0.15, 0.2) is 66.7 Å². The Hall–Kier alpha value is -3.91. The van der Waals surface area contributed by atoms with Gasteiger partial charge in [0.2, 0.25) is 0 Å². The van der Waals surface area contributed by atoms with Crippen molar-refractivity contribution in [3.8, 4) is 23.0 Å². The Bertz CT molecular complexity index is 1080. The smallest absolute Gasteiger partial charge is 0.407 e. The highest BCUT2D eigenvalue weighted by atomic mass is 16.5. The lowest BCUT2D eigenvalue weighted by atomic mass is 9.98. The number of benzene rings is 2. The van der Waals surface area contributed by atoms with E-state index in [2.05, 4.69) is 46.4 Å². The van der Waals surface area contributed by atoms with Crippen molar-refractivity contribution >= 4 is 12.4 Å². The molecule has 1 N–H and O–H groups in total. The van der Waals surface area contributed by atoms with Crippen molar-refractivity contribution in [3.05, 3.63) is 89.2 Å². The zero-order valence-electron chi connectivity index (χ0n) is 15.6. The molecule has 1 heterocycles. The zero-order valence-corrected chi connectivity index (χ0v) is 15.6. The largest absolute Gasteiger partial charge is 0.449 e. The monoisotopic (exact) mass is 382 g/mol. The normalized spacial score (nSPS) is 11.6. The molecule has 3 aromatic rings. The first kappa shape index (κ1) is 18.5. The molecule has 1 aliphatic carbocycles. The number of pyridine rings is 1. The van der Waals surface area contributed by atoms with Gasteiger partial charge >= 0.3 is 6.09 Å². The van der Waals surface area contributed by atoms with E-state index in [1.165, 1.54) is 22.3 Å². The molecule has 0 bridgehead atoms. The van der Waals surface area contributed by atoms with Gasteiger partial charge < -0.3 is 10.1 Å². The Labute approximate surface area is 168 Å². The second kappa shape index (κ2) is 8.41. The van der Waals surface area contributed by atoms with Crippen LogP contribution in [0.25, 0.3) is 11.1 Å². The third-order valence-electron chi connectivity index (χ3n) is 4.77. The number of fused-ring (bicyclic) bond motifs is 3. The van der Waals surface area contributed by atoms with Gasteiger partial charge in [0, 0.05) is 5.92 Å². The zero-order chi connectivity index (χ0) is 20.1. The summed E-state index contributed by atoms with van der Waals surface area (Å²) in [5.74, 6) is 5.63. The highest BCUT2D eigenvalue weighted by Gasteiger charge is 2.28. The fourth-order valence-electron chi connectivity index (χ4n) is 3.49. The number of nitrogens with zero attached hydrogens (tertiary/aromatic N) is 1. The first-order valence-electron chi connectivity index (χ1n) is 9.26. The Morgan fingerprint density at radius 2 is 1.69 bits per heavy atom. The van der Waals surface area contributed by atoms with E-state index in [0.29, 0.717) is 17.7 Å². The minimum Gasteiger partial charge on any atom is -0.449 e. The van der Waals surface area contributed by atoms with Crippen LogP contribution in [0.3, 0.4) is 0 Å². The SMILES string of the molecule is O=Cc1cccc(C#CCNC(=O)OCC2c3ccccc3-c3ccccc32)n1. The van der Waals surface area contributed by atoms with Gasteiger partial charge in [-0.2, -0.15) is 0 Å². The third-order valence-corrected chi connectivity index (χ3v) is 4.77. The van der Waals surface area contributed by atoms with Crippen LogP contribution < -0.4 is 5.32 Å². The van der Waals surface area contributed by atoms with Crippen molar-refractivity contribution in [1.29, 1.82) is 0 Å². The maximum atomic E-state index is 12.1. The molecule has 0 saturated carbocycles. The molecule has 1 amide bonds. The molecule has 1 aliphatic rings. The van der Waals surface area contributed by atoms with E-state index in [1.54, 1.807) is 18.2 Å². The average Bonchev–Trinajstić information content (AvgIpc) is 3.09. The van der Waals surface area contributed by atoms with Gasteiger partial charge in [-0.25, -0.2) is 9.78 Å². The lowest BCUT2D eigenvalue weighted by Crippen LogP contribution is -2.26. The van der Waals surface area contributed by atoms with E-state index in [1.807, 2.05) is 24.3 Å². The van der Waals surface area contributed by atoms with Crippen molar-refractivity contribution < 1.29 is 14.3 Å². The standard InChI is InChI=1S/C24H18N2O3/c27-15-18-8-5-7-17(26-18)9-6-14-25-24(28)29-16-23-21-12-3-1-10-19(21)20-11-2-4-13-22(20)23/h1-5,7-8,10-13,15,23H,14,16H2,(H,25,28). The van der Waals surface area contributed by atoms with E-state index < -0.39 is 6.09 Å². The van der Waals surface area contributed by atoms with Crippen molar-refractivity contribution in [2.24, 2.45) is 0 Å². The number of ether oxygens (including phenoxy) is 1. The topological polar surface area (TPSA) is 68.3 Å². The van der Waals surface area contributed by atoms with Crippen LogP contribution in [-0.2, 0) is 4.74 Å². The second-order valence-electron chi connectivity index (χ2n) is 6.55. The number of aromatic nitrogens is 1. The van der Waals surface area contributed by atoms with E-state index >= 15 is 0 Å². The molecular formula is C24H18N2O3. The number of hydrogen-bond donors (Lipinski definition) is 1.